The van der Waals surface area contributed by atoms with Gasteiger partial charge in [0.1, 0.15) is 0 Å². The monoisotopic (exact) mass is 242 g/mol. The molecule has 0 radical (unpaired) electrons. The second-order valence-corrected chi connectivity index (χ2v) is 5.26. The molecule has 0 saturated heterocycles. The maximum absolute atomic E-state index is 6.47. The lowest BCUT2D eigenvalue weighted by atomic mass is 9.92. The SMILES string of the molecule is Cn1nc(C2CC2)nc1C(C)(N)c1ccccc1. The van der Waals surface area contributed by atoms with E-state index >= 15 is 0 Å². The van der Waals surface area contributed by atoms with Gasteiger partial charge in [0.2, 0.25) is 0 Å². The quantitative estimate of drug-likeness (QED) is 0.894. The molecule has 0 aliphatic heterocycles. The average molecular weight is 242 g/mol. The molecular weight excluding hydrogens is 224 g/mol. The van der Waals surface area contributed by atoms with Gasteiger partial charge in [-0.1, -0.05) is 30.3 Å². The van der Waals surface area contributed by atoms with Crippen molar-refractivity contribution >= 4 is 0 Å². The third-order valence-electron chi connectivity index (χ3n) is 3.56. The summed E-state index contributed by atoms with van der Waals surface area (Å²) < 4.78 is 1.82. The van der Waals surface area contributed by atoms with E-state index in [4.69, 9.17) is 5.73 Å². The summed E-state index contributed by atoms with van der Waals surface area (Å²) in [5.41, 5.74) is 6.93. The van der Waals surface area contributed by atoms with Crippen LogP contribution in [0.4, 0.5) is 0 Å². The maximum Gasteiger partial charge on any atom is 0.154 e. The van der Waals surface area contributed by atoms with Gasteiger partial charge in [0.05, 0.1) is 5.54 Å². The normalized spacial score (nSPS) is 18.6. The molecular formula is C14H18N4. The van der Waals surface area contributed by atoms with E-state index in [1.54, 1.807) is 0 Å². The van der Waals surface area contributed by atoms with Gasteiger partial charge in [-0.15, -0.1) is 0 Å². The van der Waals surface area contributed by atoms with Crippen LogP contribution in [-0.2, 0) is 12.6 Å². The first kappa shape index (κ1) is 11.4. The lowest BCUT2D eigenvalue weighted by molar-refractivity contribution is 0.517. The molecule has 1 saturated carbocycles. The van der Waals surface area contributed by atoms with Gasteiger partial charge in [0.25, 0.3) is 0 Å². The number of hydrogen-bond acceptors (Lipinski definition) is 3. The summed E-state index contributed by atoms with van der Waals surface area (Å²) in [6.07, 6.45) is 2.41. The standard InChI is InChI=1S/C14H18N4/c1-14(15,11-6-4-3-5-7-11)13-16-12(10-8-9-10)17-18(13)2/h3-7,10H,8-9,15H2,1-2H3. The van der Waals surface area contributed by atoms with E-state index in [1.165, 1.54) is 12.8 Å². The van der Waals surface area contributed by atoms with Crippen molar-refractivity contribution < 1.29 is 0 Å². The molecule has 1 heterocycles. The Morgan fingerprint density at radius 1 is 1.28 bits per heavy atom. The van der Waals surface area contributed by atoms with Crippen molar-refractivity contribution in [3.05, 3.63) is 47.5 Å². The zero-order chi connectivity index (χ0) is 12.8. The predicted molar refractivity (Wildman–Crippen MR) is 70.1 cm³/mol. The van der Waals surface area contributed by atoms with Gasteiger partial charge in [-0.3, -0.25) is 4.68 Å². The summed E-state index contributed by atoms with van der Waals surface area (Å²) in [6, 6.07) is 10.1. The van der Waals surface area contributed by atoms with Gasteiger partial charge in [0.15, 0.2) is 11.6 Å². The molecule has 94 valence electrons. The summed E-state index contributed by atoms with van der Waals surface area (Å²) in [5.74, 6) is 2.33. The molecule has 4 heteroatoms. The van der Waals surface area contributed by atoms with E-state index in [0.29, 0.717) is 5.92 Å². The molecule has 1 unspecified atom stereocenters. The third kappa shape index (κ3) is 1.82. The molecule has 0 spiro atoms. The Morgan fingerprint density at radius 2 is 1.94 bits per heavy atom. The highest BCUT2D eigenvalue weighted by molar-refractivity contribution is 5.30. The molecule has 3 rings (SSSR count). The second-order valence-electron chi connectivity index (χ2n) is 5.26. The Balaban J connectivity index is 2.02. The number of aryl methyl sites for hydroxylation is 1. The third-order valence-corrected chi connectivity index (χ3v) is 3.56. The molecule has 0 bridgehead atoms. The van der Waals surface area contributed by atoms with Crippen LogP contribution < -0.4 is 5.73 Å². The van der Waals surface area contributed by atoms with Crippen LogP contribution in [-0.4, -0.2) is 14.8 Å². The number of rotatable bonds is 3. The van der Waals surface area contributed by atoms with E-state index in [9.17, 15) is 0 Å². The summed E-state index contributed by atoms with van der Waals surface area (Å²) in [4.78, 5) is 4.65. The van der Waals surface area contributed by atoms with E-state index < -0.39 is 5.54 Å². The van der Waals surface area contributed by atoms with Crippen molar-refractivity contribution in [1.29, 1.82) is 0 Å². The fraction of sp³-hybridized carbons (Fsp3) is 0.429. The fourth-order valence-corrected chi connectivity index (χ4v) is 2.28. The molecule has 2 N–H and O–H groups in total. The summed E-state index contributed by atoms with van der Waals surface area (Å²) in [7, 11) is 1.92. The topological polar surface area (TPSA) is 56.7 Å². The number of nitrogens with zero attached hydrogens (tertiary/aromatic N) is 3. The van der Waals surface area contributed by atoms with Crippen molar-refractivity contribution in [3.8, 4) is 0 Å². The molecule has 1 aromatic heterocycles. The van der Waals surface area contributed by atoms with Crippen LogP contribution in [0.25, 0.3) is 0 Å². The van der Waals surface area contributed by atoms with Gasteiger partial charge in [0, 0.05) is 13.0 Å². The van der Waals surface area contributed by atoms with Crippen molar-refractivity contribution in [2.45, 2.75) is 31.2 Å². The van der Waals surface area contributed by atoms with Gasteiger partial charge >= 0.3 is 0 Å². The van der Waals surface area contributed by atoms with Crippen LogP contribution in [0.1, 0.15) is 42.9 Å². The van der Waals surface area contributed by atoms with Crippen LogP contribution in [0.2, 0.25) is 0 Å². The molecule has 1 atom stereocenters. The Labute approximate surface area is 107 Å². The zero-order valence-corrected chi connectivity index (χ0v) is 10.8. The number of nitrogens with two attached hydrogens (primary N) is 1. The first-order valence-corrected chi connectivity index (χ1v) is 6.35. The first-order chi connectivity index (χ1) is 8.59. The Hall–Kier alpha value is -1.68. The van der Waals surface area contributed by atoms with Crippen molar-refractivity contribution in [2.75, 3.05) is 0 Å². The summed E-state index contributed by atoms with van der Waals surface area (Å²) >= 11 is 0. The Kier molecular flexibility index (Phi) is 2.48. The first-order valence-electron chi connectivity index (χ1n) is 6.35. The summed E-state index contributed by atoms with van der Waals surface area (Å²) in [6.45, 7) is 1.99. The van der Waals surface area contributed by atoms with Crippen LogP contribution >= 0.6 is 0 Å². The molecule has 1 aliphatic rings. The average Bonchev–Trinajstić information content (AvgIpc) is 3.14. The lowest BCUT2D eigenvalue weighted by Crippen LogP contribution is -2.37. The molecule has 1 aliphatic carbocycles. The maximum atomic E-state index is 6.47. The molecule has 18 heavy (non-hydrogen) atoms. The Bertz CT molecular complexity index is 552. The van der Waals surface area contributed by atoms with Crippen LogP contribution in [0.3, 0.4) is 0 Å². The van der Waals surface area contributed by atoms with Crippen molar-refractivity contribution in [1.82, 2.24) is 14.8 Å². The van der Waals surface area contributed by atoms with Crippen molar-refractivity contribution in [2.24, 2.45) is 12.8 Å². The minimum absolute atomic E-state index is 0.552. The number of hydrogen-bond donors (Lipinski definition) is 1. The lowest BCUT2D eigenvalue weighted by Gasteiger charge is -2.23. The van der Waals surface area contributed by atoms with E-state index in [2.05, 4.69) is 10.1 Å². The highest BCUT2D eigenvalue weighted by Crippen LogP contribution is 2.39. The number of aromatic nitrogens is 3. The zero-order valence-electron chi connectivity index (χ0n) is 10.8. The number of benzene rings is 1. The minimum atomic E-state index is -0.601. The van der Waals surface area contributed by atoms with E-state index in [0.717, 1.165) is 17.2 Å². The molecule has 0 amide bonds. The van der Waals surface area contributed by atoms with Gasteiger partial charge in [-0.2, -0.15) is 5.10 Å². The molecule has 4 nitrogen and oxygen atoms in total. The summed E-state index contributed by atoms with van der Waals surface area (Å²) in [5, 5.41) is 4.49. The fourth-order valence-electron chi connectivity index (χ4n) is 2.28. The van der Waals surface area contributed by atoms with E-state index in [-0.39, 0.29) is 0 Å². The highest BCUT2D eigenvalue weighted by atomic mass is 15.3. The van der Waals surface area contributed by atoms with Crippen LogP contribution in [0.5, 0.6) is 0 Å². The van der Waals surface area contributed by atoms with Crippen LogP contribution in [0.15, 0.2) is 30.3 Å². The van der Waals surface area contributed by atoms with E-state index in [1.807, 2.05) is 49.0 Å². The van der Waals surface area contributed by atoms with Gasteiger partial charge < -0.3 is 5.73 Å². The highest BCUT2D eigenvalue weighted by Gasteiger charge is 2.33. The molecule has 1 aromatic carbocycles. The van der Waals surface area contributed by atoms with Crippen LogP contribution in [0, 0.1) is 0 Å². The second kappa shape index (κ2) is 3.92. The largest absolute Gasteiger partial charge is 0.315 e. The molecule has 2 aromatic rings. The van der Waals surface area contributed by atoms with Gasteiger partial charge in [-0.05, 0) is 25.3 Å². The predicted octanol–water partition coefficient (Wildman–Crippen LogP) is 1.91. The van der Waals surface area contributed by atoms with Gasteiger partial charge in [-0.25, -0.2) is 4.98 Å². The van der Waals surface area contributed by atoms with Crippen molar-refractivity contribution in [3.63, 3.8) is 0 Å². The molecule has 1 fully saturated rings. The Morgan fingerprint density at radius 3 is 2.56 bits per heavy atom. The minimum Gasteiger partial charge on any atom is -0.315 e. The smallest absolute Gasteiger partial charge is 0.154 e.